The van der Waals surface area contributed by atoms with Gasteiger partial charge in [-0.15, -0.1) is 11.3 Å². The predicted octanol–water partition coefficient (Wildman–Crippen LogP) is 3.83. The molecule has 0 aliphatic carbocycles. The molecule has 1 aromatic heterocycles. The molecule has 0 aromatic carbocycles. The summed E-state index contributed by atoms with van der Waals surface area (Å²) in [5.41, 5.74) is 1.31. The number of nitrogens with zero attached hydrogens (tertiary/aromatic N) is 2. The fourth-order valence-electron chi connectivity index (χ4n) is 3.04. The molecule has 1 atom stereocenters. The van der Waals surface area contributed by atoms with E-state index in [2.05, 4.69) is 31.0 Å². The molecule has 1 saturated heterocycles. The number of hydrogen-bond donors (Lipinski definition) is 1. The number of hydrogen-bond acceptors (Lipinski definition) is 4. The number of piperidine rings is 1. The Balaban J connectivity index is 1.89. The molecule has 1 unspecified atom stereocenters. The van der Waals surface area contributed by atoms with Gasteiger partial charge >= 0.3 is 0 Å². The molecule has 1 aromatic rings. The van der Waals surface area contributed by atoms with Crippen LogP contribution in [0.15, 0.2) is 0 Å². The molecule has 0 amide bonds. The SMILES string of the molecule is CCCCNCc1sc(CN2CCCC(C)C2)nc1CC. The minimum Gasteiger partial charge on any atom is -0.312 e. The van der Waals surface area contributed by atoms with Crippen LogP contribution in [0.1, 0.15) is 62.0 Å². The smallest absolute Gasteiger partial charge is 0.107 e. The van der Waals surface area contributed by atoms with Crippen molar-refractivity contribution in [1.82, 2.24) is 15.2 Å². The van der Waals surface area contributed by atoms with Gasteiger partial charge in [0.1, 0.15) is 5.01 Å². The molecule has 2 heterocycles. The molecule has 120 valence electrons. The number of aromatic nitrogens is 1. The van der Waals surface area contributed by atoms with E-state index in [4.69, 9.17) is 4.98 Å². The van der Waals surface area contributed by atoms with Crippen LogP contribution in [0.2, 0.25) is 0 Å². The van der Waals surface area contributed by atoms with Gasteiger partial charge in [0.2, 0.25) is 0 Å². The quantitative estimate of drug-likeness (QED) is 0.740. The highest BCUT2D eigenvalue weighted by Crippen LogP contribution is 2.23. The Labute approximate surface area is 134 Å². The monoisotopic (exact) mass is 309 g/mol. The van der Waals surface area contributed by atoms with Crippen molar-refractivity contribution in [3.05, 3.63) is 15.6 Å². The summed E-state index contributed by atoms with van der Waals surface area (Å²) >= 11 is 1.92. The van der Waals surface area contributed by atoms with Gasteiger partial charge in [0.05, 0.1) is 12.2 Å². The second-order valence-corrected chi connectivity index (χ2v) is 7.51. The first-order chi connectivity index (χ1) is 10.2. The van der Waals surface area contributed by atoms with Crippen LogP contribution in [0.3, 0.4) is 0 Å². The van der Waals surface area contributed by atoms with Crippen molar-refractivity contribution >= 4 is 11.3 Å². The zero-order valence-electron chi connectivity index (χ0n) is 14.0. The lowest BCUT2D eigenvalue weighted by Crippen LogP contribution is -2.33. The maximum absolute atomic E-state index is 4.88. The molecule has 0 saturated carbocycles. The lowest BCUT2D eigenvalue weighted by atomic mass is 10.0. The lowest BCUT2D eigenvalue weighted by Gasteiger charge is -2.29. The van der Waals surface area contributed by atoms with Crippen LogP contribution in [-0.4, -0.2) is 29.5 Å². The maximum Gasteiger partial charge on any atom is 0.107 e. The summed E-state index contributed by atoms with van der Waals surface area (Å²) in [6.07, 6.45) is 6.31. The second kappa shape index (κ2) is 8.86. The van der Waals surface area contributed by atoms with Gasteiger partial charge in [0, 0.05) is 18.0 Å². The minimum absolute atomic E-state index is 0.847. The van der Waals surface area contributed by atoms with Gasteiger partial charge in [-0.2, -0.15) is 0 Å². The lowest BCUT2D eigenvalue weighted by molar-refractivity contribution is 0.176. The predicted molar refractivity (Wildman–Crippen MR) is 91.8 cm³/mol. The van der Waals surface area contributed by atoms with Crippen molar-refractivity contribution in [2.24, 2.45) is 5.92 Å². The number of thiazole rings is 1. The summed E-state index contributed by atoms with van der Waals surface area (Å²) in [6.45, 7) is 12.5. The Hall–Kier alpha value is -0.450. The van der Waals surface area contributed by atoms with Gasteiger partial charge in [-0.05, 0) is 44.7 Å². The Morgan fingerprint density at radius 2 is 2.24 bits per heavy atom. The van der Waals surface area contributed by atoms with E-state index < -0.39 is 0 Å². The van der Waals surface area contributed by atoms with E-state index in [-0.39, 0.29) is 0 Å². The van der Waals surface area contributed by atoms with Gasteiger partial charge in [-0.1, -0.05) is 27.2 Å². The summed E-state index contributed by atoms with van der Waals surface area (Å²) in [6, 6.07) is 0. The molecule has 3 nitrogen and oxygen atoms in total. The van der Waals surface area contributed by atoms with E-state index in [0.717, 1.165) is 32.0 Å². The van der Waals surface area contributed by atoms with Gasteiger partial charge in [-0.25, -0.2) is 4.98 Å². The molecule has 0 radical (unpaired) electrons. The fourth-order valence-corrected chi connectivity index (χ4v) is 4.21. The van der Waals surface area contributed by atoms with E-state index in [9.17, 15) is 0 Å². The highest BCUT2D eigenvalue weighted by atomic mass is 32.1. The largest absolute Gasteiger partial charge is 0.312 e. The topological polar surface area (TPSA) is 28.2 Å². The second-order valence-electron chi connectivity index (χ2n) is 6.34. The van der Waals surface area contributed by atoms with Crippen LogP contribution in [0.5, 0.6) is 0 Å². The van der Waals surface area contributed by atoms with Crippen LogP contribution in [0.25, 0.3) is 0 Å². The van der Waals surface area contributed by atoms with Gasteiger partial charge in [0.15, 0.2) is 0 Å². The molecule has 1 aliphatic heterocycles. The van der Waals surface area contributed by atoms with Crippen molar-refractivity contribution in [3.8, 4) is 0 Å². The Bertz CT molecular complexity index is 416. The normalized spacial score (nSPS) is 20.0. The average Bonchev–Trinajstić information content (AvgIpc) is 2.85. The summed E-state index contributed by atoms with van der Waals surface area (Å²) < 4.78 is 0. The zero-order chi connectivity index (χ0) is 15.1. The molecule has 1 N–H and O–H groups in total. The van der Waals surface area contributed by atoms with E-state index in [1.165, 1.54) is 54.4 Å². The van der Waals surface area contributed by atoms with Crippen molar-refractivity contribution in [1.29, 1.82) is 0 Å². The first-order valence-corrected chi connectivity index (χ1v) is 9.45. The van der Waals surface area contributed by atoms with E-state index in [1.54, 1.807) is 0 Å². The summed E-state index contributed by atoms with van der Waals surface area (Å²) in [4.78, 5) is 8.92. The van der Waals surface area contributed by atoms with E-state index in [0.29, 0.717) is 0 Å². The number of unbranched alkanes of at least 4 members (excludes halogenated alkanes) is 1. The van der Waals surface area contributed by atoms with Crippen LogP contribution in [0.4, 0.5) is 0 Å². The maximum atomic E-state index is 4.88. The minimum atomic E-state index is 0.847. The highest BCUT2D eigenvalue weighted by Gasteiger charge is 2.18. The summed E-state index contributed by atoms with van der Waals surface area (Å²) in [5, 5.41) is 4.87. The third kappa shape index (κ3) is 5.35. The van der Waals surface area contributed by atoms with E-state index >= 15 is 0 Å². The van der Waals surface area contributed by atoms with Gasteiger partial charge in [0.25, 0.3) is 0 Å². The standard InChI is InChI=1S/C17H31N3S/c1-4-6-9-18-11-16-15(5-2)19-17(21-16)13-20-10-7-8-14(3)12-20/h14,18H,4-13H2,1-3H3. The van der Waals surface area contributed by atoms with Crippen molar-refractivity contribution in [2.45, 2.75) is 66.0 Å². The Morgan fingerprint density at radius 3 is 2.95 bits per heavy atom. The number of likely N-dealkylation sites (tertiary alicyclic amines) is 1. The molecule has 0 spiro atoms. The van der Waals surface area contributed by atoms with Gasteiger partial charge < -0.3 is 5.32 Å². The molecule has 0 bridgehead atoms. The molecule has 1 aliphatic rings. The molecular weight excluding hydrogens is 278 g/mol. The highest BCUT2D eigenvalue weighted by molar-refractivity contribution is 7.11. The zero-order valence-corrected chi connectivity index (χ0v) is 14.8. The summed E-state index contributed by atoms with van der Waals surface area (Å²) in [7, 11) is 0. The number of aryl methyl sites for hydroxylation is 1. The van der Waals surface area contributed by atoms with Crippen LogP contribution in [0, 0.1) is 5.92 Å². The Kier molecular flexibility index (Phi) is 7.14. The van der Waals surface area contributed by atoms with Crippen LogP contribution >= 0.6 is 11.3 Å². The molecule has 21 heavy (non-hydrogen) atoms. The van der Waals surface area contributed by atoms with E-state index in [1.807, 2.05) is 11.3 Å². The Morgan fingerprint density at radius 1 is 1.38 bits per heavy atom. The van der Waals surface area contributed by atoms with Crippen molar-refractivity contribution in [3.63, 3.8) is 0 Å². The first-order valence-electron chi connectivity index (χ1n) is 8.63. The van der Waals surface area contributed by atoms with Crippen molar-refractivity contribution in [2.75, 3.05) is 19.6 Å². The number of nitrogens with one attached hydrogen (secondary N) is 1. The molecule has 4 heteroatoms. The van der Waals surface area contributed by atoms with Crippen LogP contribution < -0.4 is 5.32 Å². The molecule has 2 rings (SSSR count). The molecule has 1 fully saturated rings. The summed E-state index contributed by atoms with van der Waals surface area (Å²) in [5.74, 6) is 0.847. The third-order valence-electron chi connectivity index (χ3n) is 4.25. The average molecular weight is 310 g/mol. The van der Waals surface area contributed by atoms with Crippen molar-refractivity contribution < 1.29 is 0 Å². The fraction of sp³-hybridized carbons (Fsp3) is 0.824. The third-order valence-corrected chi connectivity index (χ3v) is 5.33. The van der Waals surface area contributed by atoms with Crippen LogP contribution in [-0.2, 0) is 19.5 Å². The van der Waals surface area contributed by atoms with Gasteiger partial charge in [-0.3, -0.25) is 4.90 Å². The number of rotatable bonds is 8. The molecular formula is C17H31N3S. The first kappa shape index (κ1) is 16.9.